The summed E-state index contributed by atoms with van der Waals surface area (Å²) in [7, 11) is 1.65. The molecular formula is C31H41N3O3. The van der Waals surface area contributed by atoms with Gasteiger partial charge in [0.25, 0.3) is 5.91 Å². The second kappa shape index (κ2) is 14.3. The van der Waals surface area contributed by atoms with Crippen LogP contribution in [0.25, 0.3) is 0 Å². The van der Waals surface area contributed by atoms with E-state index in [0.29, 0.717) is 25.4 Å². The van der Waals surface area contributed by atoms with E-state index in [0.717, 1.165) is 60.6 Å². The molecule has 1 aliphatic carbocycles. The Kier molecular flexibility index (Phi) is 10.8. The second-order valence-electron chi connectivity index (χ2n) is 9.18. The molecular weight excluding hydrogens is 462 g/mol. The fourth-order valence-corrected chi connectivity index (χ4v) is 4.65. The van der Waals surface area contributed by atoms with E-state index in [2.05, 4.69) is 5.32 Å². The molecule has 1 fully saturated rings. The molecule has 2 aliphatic rings. The standard InChI is InChI=1S/C29H35N3O3.C2H6/c1-3-7-28(33)31-18-16-24(17-19-31)30-25-13-12-23(20-25)29(34)32(26-8-5-4-6-9-26)21-22-10-14-27(35-2)15-11-22;1-2/h4-6,8-15,24,30H,3,7,16-21H2,1-2H3;1-2H3. The molecule has 0 radical (unpaired) electrons. The number of amides is 2. The van der Waals surface area contributed by atoms with Crippen LogP contribution in [0.5, 0.6) is 5.75 Å². The molecule has 4 rings (SSSR count). The van der Waals surface area contributed by atoms with Crippen molar-refractivity contribution in [2.45, 2.75) is 65.5 Å². The van der Waals surface area contributed by atoms with Crippen LogP contribution in [0.2, 0.25) is 0 Å². The fraction of sp³-hybridized carbons (Fsp3) is 0.419. The van der Waals surface area contributed by atoms with Gasteiger partial charge in [-0.05, 0) is 55.2 Å². The summed E-state index contributed by atoms with van der Waals surface area (Å²) in [6.45, 7) is 8.12. The quantitative estimate of drug-likeness (QED) is 0.466. The Morgan fingerprint density at radius 3 is 2.30 bits per heavy atom. The zero-order valence-corrected chi connectivity index (χ0v) is 22.7. The van der Waals surface area contributed by atoms with Crippen LogP contribution in [0.3, 0.4) is 0 Å². The number of anilines is 1. The summed E-state index contributed by atoms with van der Waals surface area (Å²) in [6, 6.07) is 18.0. The summed E-state index contributed by atoms with van der Waals surface area (Å²) in [6.07, 6.45) is 7.96. The van der Waals surface area contributed by atoms with Gasteiger partial charge in [-0.3, -0.25) is 9.59 Å². The maximum atomic E-state index is 13.6. The van der Waals surface area contributed by atoms with Crippen LogP contribution in [0, 0.1) is 0 Å². The Bertz CT molecular complexity index is 1070. The maximum Gasteiger partial charge on any atom is 0.254 e. The van der Waals surface area contributed by atoms with Crippen LogP contribution in [0.1, 0.15) is 58.4 Å². The number of piperidine rings is 1. The summed E-state index contributed by atoms with van der Waals surface area (Å²) in [5.41, 5.74) is 3.77. The molecule has 1 N–H and O–H groups in total. The van der Waals surface area contributed by atoms with Crippen LogP contribution in [-0.4, -0.2) is 43.0 Å². The van der Waals surface area contributed by atoms with Gasteiger partial charge in [0.15, 0.2) is 0 Å². The molecule has 0 aromatic heterocycles. The Morgan fingerprint density at radius 1 is 1.00 bits per heavy atom. The largest absolute Gasteiger partial charge is 0.497 e. The predicted octanol–water partition coefficient (Wildman–Crippen LogP) is 5.85. The first-order valence-electron chi connectivity index (χ1n) is 13.5. The number of para-hydroxylation sites is 1. The highest BCUT2D eigenvalue weighted by Gasteiger charge is 2.26. The minimum atomic E-state index is 0.0139. The zero-order valence-electron chi connectivity index (χ0n) is 22.7. The number of nitrogens with zero attached hydrogens (tertiary/aromatic N) is 2. The Labute approximate surface area is 222 Å². The number of likely N-dealkylation sites (tertiary alicyclic amines) is 1. The molecule has 2 aromatic rings. The molecule has 1 heterocycles. The van der Waals surface area contributed by atoms with Crippen molar-refractivity contribution in [2.24, 2.45) is 0 Å². The van der Waals surface area contributed by atoms with Crippen molar-refractivity contribution in [3.05, 3.63) is 83.6 Å². The molecule has 6 heteroatoms. The van der Waals surface area contributed by atoms with Gasteiger partial charge < -0.3 is 19.9 Å². The van der Waals surface area contributed by atoms with Crippen molar-refractivity contribution in [3.63, 3.8) is 0 Å². The Morgan fingerprint density at radius 2 is 1.68 bits per heavy atom. The lowest BCUT2D eigenvalue weighted by Gasteiger charge is -2.33. The molecule has 0 atom stereocenters. The molecule has 37 heavy (non-hydrogen) atoms. The maximum absolute atomic E-state index is 13.6. The number of ether oxygens (including phenoxy) is 1. The van der Waals surface area contributed by atoms with E-state index in [1.54, 1.807) is 7.11 Å². The van der Waals surface area contributed by atoms with E-state index in [4.69, 9.17) is 4.74 Å². The minimum Gasteiger partial charge on any atom is -0.497 e. The first-order valence-corrected chi connectivity index (χ1v) is 13.5. The molecule has 198 valence electrons. The topological polar surface area (TPSA) is 61.9 Å². The molecule has 2 amide bonds. The van der Waals surface area contributed by atoms with Crippen LogP contribution in [0.4, 0.5) is 5.69 Å². The first kappa shape index (κ1) is 28.0. The third kappa shape index (κ3) is 7.72. The highest BCUT2D eigenvalue weighted by atomic mass is 16.5. The molecule has 2 aromatic carbocycles. The van der Waals surface area contributed by atoms with Crippen molar-refractivity contribution in [1.82, 2.24) is 10.2 Å². The number of allylic oxidation sites excluding steroid dienone is 3. The molecule has 1 aliphatic heterocycles. The van der Waals surface area contributed by atoms with Crippen LogP contribution in [0.15, 0.2) is 78.0 Å². The average molecular weight is 504 g/mol. The fourth-order valence-electron chi connectivity index (χ4n) is 4.65. The van der Waals surface area contributed by atoms with E-state index < -0.39 is 0 Å². The van der Waals surface area contributed by atoms with Gasteiger partial charge in [-0.2, -0.15) is 0 Å². The van der Waals surface area contributed by atoms with Crippen LogP contribution >= 0.6 is 0 Å². The second-order valence-corrected chi connectivity index (χ2v) is 9.18. The van der Waals surface area contributed by atoms with Crippen molar-refractivity contribution in [3.8, 4) is 5.75 Å². The SMILES string of the molecule is CC.CCCC(=O)N1CCC(NC2=CC=C(C(=O)N(Cc3ccc(OC)cc3)c3ccccc3)C2)CC1. The van der Waals surface area contributed by atoms with Crippen molar-refractivity contribution >= 4 is 17.5 Å². The van der Waals surface area contributed by atoms with Gasteiger partial charge in [-0.1, -0.05) is 57.2 Å². The van der Waals surface area contributed by atoms with E-state index in [1.165, 1.54) is 0 Å². The van der Waals surface area contributed by atoms with Gasteiger partial charge >= 0.3 is 0 Å². The van der Waals surface area contributed by atoms with Crippen LogP contribution < -0.4 is 15.0 Å². The summed E-state index contributed by atoms with van der Waals surface area (Å²) in [5.74, 6) is 1.07. The monoisotopic (exact) mass is 503 g/mol. The highest BCUT2D eigenvalue weighted by Crippen LogP contribution is 2.26. The number of rotatable bonds is 9. The van der Waals surface area contributed by atoms with Crippen molar-refractivity contribution in [2.75, 3.05) is 25.1 Å². The Hall–Kier alpha value is -3.54. The number of nitrogens with one attached hydrogen (secondary N) is 1. The van der Waals surface area contributed by atoms with Crippen LogP contribution in [-0.2, 0) is 16.1 Å². The molecule has 6 nitrogen and oxygen atoms in total. The summed E-state index contributed by atoms with van der Waals surface area (Å²) >= 11 is 0. The van der Waals surface area contributed by atoms with Crippen molar-refractivity contribution in [1.29, 1.82) is 0 Å². The number of benzene rings is 2. The minimum absolute atomic E-state index is 0.0139. The number of hydrogen-bond donors (Lipinski definition) is 1. The number of methoxy groups -OCH3 is 1. The van der Waals surface area contributed by atoms with Gasteiger partial charge in [0, 0.05) is 48.9 Å². The third-order valence-electron chi connectivity index (χ3n) is 6.66. The average Bonchev–Trinajstić information content (AvgIpc) is 3.42. The predicted molar refractivity (Wildman–Crippen MR) is 150 cm³/mol. The van der Waals surface area contributed by atoms with Gasteiger partial charge in [0.05, 0.1) is 13.7 Å². The number of carbonyl (C=O) groups is 2. The summed E-state index contributed by atoms with van der Waals surface area (Å²) in [4.78, 5) is 29.6. The smallest absolute Gasteiger partial charge is 0.254 e. The van der Waals surface area contributed by atoms with E-state index >= 15 is 0 Å². The van der Waals surface area contributed by atoms with Gasteiger partial charge in [-0.15, -0.1) is 0 Å². The zero-order chi connectivity index (χ0) is 26.6. The lowest BCUT2D eigenvalue weighted by molar-refractivity contribution is -0.132. The lowest BCUT2D eigenvalue weighted by Crippen LogP contribution is -2.44. The highest BCUT2D eigenvalue weighted by molar-refractivity contribution is 6.06. The first-order chi connectivity index (χ1) is 18.1. The van der Waals surface area contributed by atoms with E-state index in [1.807, 2.05) is 97.3 Å². The summed E-state index contributed by atoms with van der Waals surface area (Å²) < 4.78 is 5.27. The normalized spacial score (nSPS) is 15.2. The number of carbonyl (C=O) groups excluding carboxylic acids is 2. The molecule has 1 saturated heterocycles. The van der Waals surface area contributed by atoms with E-state index in [-0.39, 0.29) is 11.8 Å². The Balaban J connectivity index is 0.00000186. The van der Waals surface area contributed by atoms with Gasteiger partial charge in [0.1, 0.15) is 5.75 Å². The molecule has 0 bridgehead atoms. The molecule has 0 spiro atoms. The molecule has 0 saturated carbocycles. The number of hydrogen-bond acceptors (Lipinski definition) is 4. The third-order valence-corrected chi connectivity index (χ3v) is 6.66. The van der Waals surface area contributed by atoms with Gasteiger partial charge in [-0.25, -0.2) is 0 Å². The summed E-state index contributed by atoms with van der Waals surface area (Å²) in [5, 5.41) is 3.62. The van der Waals surface area contributed by atoms with Gasteiger partial charge in [0.2, 0.25) is 5.91 Å². The van der Waals surface area contributed by atoms with Crippen molar-refractivity contribution < 1.29 is 14.3 Å². The van der Waals surface area contributed by atoms with E-state index in [9.17, 15) is 9.59 Å². The molecule has 0 unspecified atom stereocenters. The lowest BCUT2D eigenvalue weighted by atomic mass is 10.0.